The fraction of sp³-hybridized carbons (Fsp3) is 0.846. The number of aliphatic carboxylic acids is 1. The second-order valence-electron chi connectivity index (χ2n) is 4.64. The Morgan fingerprint density at radius 3 is 2.06 bits per heavy atom. The van der Waals surface area contributed by atoms with Crippen LogP contribution in [0, 0.1) is 0 Å². The lowest BCUT2D eigenvalue weighted by molar-refractivity contribution is -0.137. The van der Waals surface area contributed by atoms with E-state index >= 15 is 0 Å². The second kappa shape index (κ2) is 9.74. The average molecular weight is 258 g/mol. The van der Waals surface area contributed by atoms with Gasteiger partial charge in [-0.05, 0) is 19.8 Å². The minimum absolute atomic E-state index is 0.0405. The molecule has 106 valence electrons. The summed E-state index contributed by atoms with van der Waals surface area (Å²) in [5, 5.41) is 11.4. The monoisotopic (exact) mass is 258 g/mol. The lowest BCUT2D eigenvalue weighted by Gasteiger charge is -2.24. The fourth-order valence-electron chi connectivity index (χ4n) is 1.63. The van der Waals surface area contributed by atoms with Crippen LogP contribution in [0.5, 0.6) is 0 Å². The lowest BCUT2D eigenvalue weighted by atomic mass is 10.2. The maximum atomic E-state index is 12.0. The Hall–Kier alpha value is -1.26. The van der Waals surface area contributed by atoms with Gasteiger partial charge in [0.1, 0.15) is 0 Å². The Morgan fingerprint density at radius 1 is 1.17 bits per heavy atom. The molecular weight excluding hydrogens is 232 g/mol. The first-order valence-corrected chi connectivity index (χ1v) is 6.78. The number of amides is 2. The van der Waals surface area contributed by atoms with E-state index in [0.717, 1.165) is 38.8 Å². The van der Waals surface area contributed by atoms with Crippen LogP contribution in [0.4, 0.5) is 4.79 Å². The third-order valence-electron chi connectivity index (χ3n) is 2.70. The molecule has 2 amide bonds. The highest BCUT2D eigenvalue weighted by Crippen LogP contribution is 2.01. The first kappa shape index (κ1) is 16.7. The molecule has 0 saturated carbocycles. The highest BCUT2D eigenvalue weighted by molar-refractivity contribution is 5.75. The number of carboxylic acid groups (broad SMARTS) is 1. The van der Waals surface area contributed by atoms with Gasteiger partial charge in [0.05, 0.1) is 6.42 Å². The molecule has 0 aromatic rings. The summed E-state index contributed by atoms with van der Waals surface area (Å²) in [4.78, 5) is 24.3. The van der Waals surface area contributed by atoms with Gasteiger partial charge in [0.25, 0.3) is 0 Å². The molecule has 0 aromatic heterocycles. The molecule has 0 fully saturated rings. The summed E-state index contributed by atoms with van der Waals surface area (Å²) in [5.74, 6) is -0.892. The van der Waals surface area contributed by atoms with Crippen LogP contribution >= 0.6 is 0 Å². The number of carboxylic acids is 1. The fourth-order valence-corrected chi connectivity index (χ4v) is 1.63. The van der Waals surface area contributed by atoms with E-state index in [0.29, 0.717) is 0 Å². The van der Waals surface area contributed by atoms with Gasteiger partial charge in [-0.25, -0.2) is 4.79 Å². The lowest BCUT2D eigenvalue weighted by Crippen LogP contribution is -2.45. The predicted molar refractivity (Wildman–Crippen MR) is 71.6 cm³/mol. The molecule has 0 spiro atoms. The summed E-state index contributed by atoms with van der Waals surface area (Å²) in [6, 6.07) is -0.480. The van der Waals surface area contributed by atoms with Gasteiger partial charge in [0.15, 0.2) is 0 Å². The standard InChI is InChI=1S/C13H26N2O3/c1-4-6-8-15(9-7-5-2)13(18)14-11(3)10-12(16)17/h11H,4-10H2,1-3H3,(H,14,18)(H,16,17). The quantitative estimate of drug-likeness (QED) is 0.667. The van der Waals surface area contributed by atoms with Crippen molar-refractivity contribution in [3.63, 3.8) is 0 Å². The Kier molecular flexibility index (Phi) is 9.06. The third kappa shape index (κ3) is 7.92. The van der Waals surface area contributed by atoms with Gasteiger partial charge in [-0.2, -0.15) is 0 Å². The molecule has 0 heterocycles. The minimum atomic E-state index is -0.892. The van der Waals surface area contributed by atoms with E-state index in [1.807, 2.05) is 0 Å². The molecule has 5 nitrogen and oxygen atoms in total. The molecule has 18 heavy (non-hydrogen) atoms. The van der Waals surface area contributed by atoms with Crippen molar-refractivity contribution in [3.8, 4) is 0 Å². The summed E-state index contributed by atoms with van der Waals surface area (Å²) >= 11 is 0. The molecule has 0 aliphatic heterocycles. The van der Waals surface area contributed by atoms with E-state index in [-0.39, 0.29) is 18.5 Å². The number of hydrogen-bond donors (Lipinski definition) is 2. The van der Waals surface area contributed by atoms with Gasteiger partial charge in [-0.1, -0.05) is 26.7 Å². The van der Waals surface area contributed by atoms with Crippen LogP contribution in [-0.4, -0.2) is 41.1 Å². The average Bonchev–Trinajstić information content (AvgIpc) is 2.27. The molecule has 1 atom stereocenters. The zero-order valence-corrected chi connectivity index (χ0v) is 11.7. The van der Waals surface area contributed by atoms with Crippen molar-refractivity contribution in [1.82, 2.24) is 10.2 Å². The number of nitrogens with zero attached hydrogens (tertiary/aromatic N) is 1. The Bertz CT molecular complexity index is 249. The van der Waals surface area contributed by atoms with Crippen LogP contribution in [0.2, 0.25) is 0 Å². The molecule has 0 aromatic carbocycles. The van der Waals surface area contributed by atoms with Crippen molar-refractivity contribution in [1.29, 1.82) is 0 Å². The molecular formula is C13H26N2O3. The van der Waals surface area contributed by atoms with Gasteiger partial charge >= 0.3 is 12.0 Å². The largest absolute Gasteiger partial charge is 0.481 e. The summed E-state index contributed by atoms with van der Waals surface area (Å²) in [5.41, 5.74) is 0. The topological polar surface area (TPSA) is 69.6 Å². The Balaban J connectivity index is 4.21. The van der Waals surface area contributed by atoms with Crippen LogP contribution in [0.3, 0.4) is 0 Å². The van der Waals surface area contributed by atoms with Gasteiger partial charge in [-0.15, -0.1) is 0 Å². The van der Waals surface area contributed by atoms with Crippen LogP contribution in [0.1, 0.15) is 52.9 Å². The van der Waals surface area contributed by atoms with Crippen molar-refractivity contribution < 1.29 is 14.7 Å². The Morgan fingerprint density at radius 2 is 1.67 bits per heavy atom. The Labute approximate surface area is 110 Å². The minimum Gasteiger partial charge on any atom is -0.481 e. The van der Waals surface area contributed by atoms with Gasteiger partial charge in [0.2, 0.25) is 0 Å². The van der Waals surface area contributed by atoms with E-state index in [2.05, 4.69) is 19.2 Å². The number of carbonyl (C=O) groups is 2. The predicted octanol–water partition coefficient (Wildman–Crippen LogP) is 2.46. The highest BCUT2D eigenvalue weighted by Gasteiger charge is 2.16. The molecule has 0 saturated heterocycles. The number of carbonyl (C=O) groups excluding carboxylic acids is 1. The molecule has 0 radical (unpaired) electrons. The van der Waals surface area contributed by atoms with Gasteiger partial charge in [-0.3, -0.25) is 4.79 Å². The molecule has 2 N–H and O–H groups in total. The third-order valence-corrected chi connectivity index (χ3v) is 2.70. The van der Waals surface area contributed by atoms with Crippen LogP contribution in [0.15, 0.2) is 0 Å². The van der Waals surface area contributed by atoms with Gasteiger partial charge in [0, 0.05) is 19.1 Å². The van der Waals surface area contributed by atoms with Crippen molar-refractivity contribution in [3.05, 3.63) is 0 Å². The normalized spacial score (nSPS) is 11.9. The van der Waals surface area contributed by atoms with Crippen molar-refractivity contribution in [2.24, 2.45) is 0 Å². The van der Waals surface area contributed by atoms with E-state index in [1.165, 1.54) is 0 Å². The zero-order chi connectivity index (χ0) is 14.0. The number of hydrogen-bond acceptors (Lipinski definition) is 2. The second-order valence-corrected chi connectivity index (χ2v) is 4.64. The van der Waals surface area contributed by atoms with E-state index < -0.39 is 5.97 Å². The van der Waals surface area contributed by atoms with Crippen molar-refractivity contribution in [2.45, 2.75) is 58.9 Å². The summed E-state index contributed by atoms with van der Waals surface area (Å²) in [6.07, 6.45) is 4.00. The SMILES string of the molecule is CCCCN(CCCC)C(=O)NC(C)CC(=O)O. The molecule has 0 aliphatic rings. The van der Waals surface area contributed by atoms with Crippen LogP contribution < -0.4 is 5.32 Å². The summed E-state index contributed by atoms with van der Waals surface area (Å²) < 4.78 is 0. The molecule has 5 heteroatoms. The number of nitrogens with one attached hydrogen (secondary N) is 1. The molecule has 0 rings (SSSR count). The first-order valence-electron chi connectivity index (χ1n) is 6.78. The molecule has 0 aliphatic carbocycles. The number of urea groups is 1. The van der Waals surface area contributed by atoms with E-state index in [4.69, 9.17) is 5.11 Å². The molecule has 0 bridgehead atoms. The summed E-state index contributed by atoms with van der Waals surface area (Å²) in [6.45, 7) is 7.36. The van der Waals surface area contributed by atoms with Crippen LogP contribution in [-0.2, 0) is 4.79 Å². The maximum absolute atomic E-state index is 12.0. The number of unbranched alkanes of at least 4 members (excludes halogenated alkanes) is 2. The molecule has 1 unspecified atom stereocenters. The van der Waals surface area contributed by atoms with Crippen LogP contribution in [0.25, 0.3) is 0 Å². The maximum Gasteiger partial charge on any atom is 0.317 e. The first-order chi connectivity index (χ1) is 8.51. The van der Waals surface area contributed by atoms with Crippen molar-refractivity contribution >= 4 is 12.0 Å². The van der Waals surface area contributed by atoms with Crippen molar-refractivity contribution in [2.75, 3.05) is 13.1 Å². The zero-order valence-electron chi connectivity index (χ0n) is 11.7. The van der Waals surface area contributed by atoms with Gasteiger partial charge < -0.3 is 15.3 Å². The highest BCUT2D eigenvalue weighted by atomic mass is 16.4. The summed E-state index contributed by atoms with van der Waals surface area (Å²) in [7, 11) is 0. The smallest absolute Gasteiger partial charge is 0.317 e. The van der Waals surface area contributed by atoms with E-state index in [1.54, 1.807) is 11.8 Å². The number of rotatable bonds is 9. The van der Waals surface area contributed by atoms with E-state index in [9.17, 15) is 9.59 Å².